The second-order valence-electron chi connectivity index (χ2n) is 8.75. The molecule has 1 fully saturated rings. The van der Waals surface area contributed by atoms with Gasteiger partial charge in [-0.3, -0.25) is 9.69 Å². The minimum Gasteiger partial charge on any atom is -0.483 e. The van der Waals surface area contributed by atoms with Crippen LogP contribution in [0.1, 0.15) is 23.4 Å². The summed E-state index contributed by atoms with van der Waals surface area (Å²) in [7, 11) is -1.18. The van der Waals surface area contributed by atoms with Crippen LogP contribution in [0.5, 0.6) is 5.75 Å². The molecule has 0 bridgehead atoms. The Morgan fingerprint density at radius 3 is 2.57 bits per heavy atom. The average Bonchev–Trinajstić information content (AvgIpc) is 3.37. The molecule has 1 aliphatic rings. The van der Waals surface area contributed by atoms with Gasteiger partial charge in [-0.05, 0) is 55.8 Å². The summed E-state index contributed by atoms with van der Waals surface area (Å²) in [4.78, 5) is 14.4. The second-order valence-corrected chi connectivity index (χ2v) is 11.0. The highest BCUT2D eigenvalue weighted by atomic mass is 32.2. The van der Waals surface area contributed by atoms with Gasteiger partial charge in [0.05, 0.1) is 11.5 Å². The number of hydrogen-bond donors (Lipinski definition) is 1. The van der Waals surface area contributed by atoms with Crippen LogP contribution >= 0.6 is 0 Å². The van der Waals surface area contributed by atoms with Crippen molar-refractivity contribution >= 4 is 15.7 Å². The molecule has 1 atom stereocenters. The first-order valence-corrected chi connectivity index (χ1v) is 13.0. The van der Waals surface area contributed by atoms with Crippen molar-refractivity contribution in [3.8, 4) is 16.9 Å². The number of nitrogens with zero attached hydrogens (tertiary/aromatic N) is 3. The maximum Gasteiger partial charge on any atom is 0.258 e. The predicted octanol–water partition coefficient (Wildman–Crippen LogP) is 2.50. The highest BCUT2D eigenvalue weighted by Gasteiger charge is 2.29. The fourth-order valence-corrected chi connectivity index (χ4v) is 5.66. The average molecular weight is 503 g/mol. The SMILES string of the molecule is Cc1nonc1CN(C)Cc1cc(-c2ccc(F)cc2)ccc1OCC(=O)NC1CCS(=O)(=O)C1. The number of benzene rings is 2. The third kappa shape index (κ3) is 6.64. The Labute approximate surface area is 203 Å². The van der Waals surface area contributed by atoms with Gasteiger partial charge in [-0.15, -0.1) is 0 Å². The molecule has 1 aromatic heterocycles. The minimum absolute atomic E-state index is 0.0442. The molecule has 1 unspecified atom stereocenters. The van der Waals surface area contributed by atoms with Crippen LogP contribution in [-0.2, 0) is 27.7 Å². The Morgan fingerprint density at radius 1 is 1.17 bits per heavy atom. The molecule has 1 N–H and O–H groups in total. The minimum atomic E-state index is -3.09. The van der Waals surface area contributed by atoms with Gasteiger partial charge in [0.25, 0.3) is 5.91 Å². The smallest absolute Gasteiger partial charge is 0.258 e. The number of ether oxygens (including phenoxy) is 1. The fourth-order valence-electron chi connectivity index (χ4n) is 3.98. The van der Waals surface area contributed by atoms with Crippen LogP contribution in [0.3, 0.4) is 0 Å². The summed E-state index contributed by atoms with van der Waals surface area (Å²) >= 11 is 0. The second kappa shape index (κ2) is 10.5. The number of carbonyl (C=O) groups is 1. The lowest BCUT2D eigenvalue weighted by molar-refractivity contribution is -0.123. The molecule has 0 saturated carbocycles. The van der Waals surface area contributed by atoms with Gasteiger partial charge in [0, 0.05) is 24.7 Å². The Hall–Kier alpha value is -3.31. The molecular formula is C24H27FN4O5S. The van der Waals surface area contributed by atoms with E-state index in [0.717, 1.165) is 22.4 Å². The van der Waals surface area contributed by atoms with Gasteiger partial charge in [-0.25, -0.2) is 17.4 Å². The molecule has 0 spiro atoms. The molecule has 4 rings (SSSR count). The normalized spacial score (nSPS) is 17.0. The summed E-state index contributed by atoms with van der Waals surface area (Å²) in [6.07, 6.45) is 0.410. The first kappa shape index (κ1) is 24.8. The van der Waals surface area contributed by atoms with E-state index >= 15 is 0 Å². The standard InChI is InChI=1S/C24H27FN4O5S/c1-16-22(28-34-27-16)13-29(2)12-19-11-18(17-3-6-20(25)7-4-17)5-8-23(19)33-14-24(30)26-21-9-10-35(31,32)15-21/h3-8,11,21H,9-10,12-15H2,1-2H3,(H,26,30). The zero-order valence-corrected chi connectivity index (χ0v) is 20.3. The third-order valence-electron chi connectivity index (χ3n) is 5.80. The van der Waals surface area contributed by atoms with Gasteiger partial charge in [-0.2, -0.15) is 0 Å². The highest BCUT2D eigenvalue weighted by Crippen LogP contribution is 2.28. The van der Waals surface area contributed by atoms with Crippen LogP contribution in [0, 0.1) is 12.7 Å². The molecule has 2 heterocycles. The Kier molecular flexibility index (Phi) is 7.46. The lowest BCUT2D eigenvalue weighted by Crippen LogP contribution is -2.38. The van der Waals surface area contributed by atoms with Gasteiger partial charge in [0.15, 0.2) is 16.4 Å². The zero-order chi connectivity index (χ0) is 25.0. The molecule has 0 radical (unpaired) electrons. The number of amides is 1. The summed E-state index contributed by atoms with van der Waals surface area (Å²) in [5.41, 5.74) is 3.97. The number of nitrogens with one attached hydrogen (secondary N) is 1. The molecule has 186 valence electrons. The molecule has 1 amide bonds. The maximum atomic E-state index is 13.4. The van der Waals surface area contributed by atoms with Crippen LogP contribution in [0.4, 0.5) is 4.39 Å². The Balaban J connectivity index is 1.49. The van der Waals surface area contributed by atoms with Crippen molar-refractivity contribution in [3.63, 3.8) is 0 Å². The molecule has 9 nitrogen and oxygen atoms in total. The van der Waals surface area contributed by atoms with Crippen LogP contribution in [0.15, 0.2) is 47.1 Å². The van der Waals surface area contributed by atoms with Crippen molar-refractivity contribution in [1.29, 1.82) is 0 Å². The van der Waals surface area contributed by atoms with Crippen LogP contribution in [-0.4, -0.2) is 60.7 Å². The first-order valence-electron chi connectivity index (χ1n) is 11.2. The molecule has 11 heteroatoms. The fraction of sp³-hybridized carbons (Fsp3) is 0.375. The third-order valence-corrected chi connectivity index (χ3v) is 7.57. The number of aryl methyl sites for hydroxylation is 1. The summed E-state index contributed by atoms with van der Waals surface area (Å²) in [5, 5.41) is 10.5. The topological polar surface area (TPSA) is 115 Å². The van der Waals surface area contributed by atoms with E-state index in [9.17, 15) is 17.6 Å². The monoisotopic (exact) mass is 502 g/mol. The van der Waals surface area contributed by atoms with Crippen LogP contribution in [0.2, 0.25) is 0 Å². The Bertz CT molecular complexity index is 1290. The zero-order valence-electron chi connectivity index (χ0n) is 19.5. The van der Waals surface area contributed by atoms with Crippen molar-refractivity contribution in [2.45, 2.75) is 32.5 Å². The quantitative estimate of drug-likeness (QED) is 0.475. The van der Waals surface area contributed by atoms with Gasteiger partial charge in [-0.1, -0.05) is 28.5 Å². The largest absolute Gasteiger partial charge is 0.483 e. The summed E-state index contributed by atoms with van der Waals surface area (Å²) in [6, 6.07) is 11.4. The summed E-state index contributed by atoms with van der Waals surface area (Å²) in [5.74, 6) is -0.130. The van der Waals surface area contributed by atoms with Gasteiger partial charge in [0.2, 0.25) is 0 Å². The number of halogens is 1. The molecule has 35 heavy (non-hydrogen) atoms. The van der Waals surface area contributed by atoms with E-state index in [0.29, 0.717) is 31.0 Å². The van der Waals surface area contributed by atoms with E-state index < -0.39 is 9.84 Å². The van der Waals surface area contributed by atoms with Crippen molar-refractivity contribution in [2.75, 3.05) is 25.2 Å². The van der Waals surface area contributed by atoms with Gasteiger partial charge in [0.1, 0.15) is 23.0 Å². The van der Waals surface area contributed by atoms with E-state index in [1.807, 2.05) is 31.0 Å². The predicted molar refractivity (Wildman–Crippen MR) is 127 cm³/mol. The number of sulfone groups is 1. The molecule has 3 aromatic rings. The maximum absolute atomic E-state index is 13.4. The first-order chi connectivity index (χ1) is 16.7. The molecule has 1 aliphatic heterocycles. The summed E-state index contributed by atoms with van der Waals surface area (Å²) in [6.45, 7) is 2.54. The highest BCUT2D eigenvalue weighted by molar-refractivity contribution is 7.91. The number of rotatable bonds is 9. The van der Waals surface area contributed by atoms with E-state index in [1.54, 1.807) is 18.2 Å². The number of carbonyl (C=O) groups excluding carboxylic acids is 1. The lowest BCUT2D eigenvalue weighted by atomic mass is 10.0. The molecule has 1 saturated heterocycles. The van der Waals surface area contributed by atoms with Crippen molar-refractivity contribution in [3.05, 3.63) is 65.2 Å². The van der Waals surface area contributed by atoms with Crippen LogP contribution in [0.25, 0.3) is 11.1 Å². The number of aromatic nitrogens is 2. The van der Waals surface area contributed by atoms with Gasteiger partial charge < -0.3 is 10.1 Å². The molecule has 2 aromatic carbocycles. The van der Waals surface area contributed by atoms with E-state index in [-0.39, 0.29) is 35.9 Å². The molecular weight excluding hydrogens is 475 g/mol. The van der Waals surface area contributed by atoms with E-state index in [1.165, 1.54) is 12.1 Å². The lowest BCUT2D eigenvalue weighted by Gasteiger charge is -2.19. The van der Waals surface area contributed by atoms with E-state index in [2.05, 4.69) is 15.6 Å². The summed E-state index contributed by atoms with van der Waals surface area (Å²) < 4.78 is 47.2. The molecule has 0 aliphatic carbocycles. The Morgan fingerprint density at radius 2 is 1.91 bits per heavy atom. The number of hydrogen-bond acceptors (Lipinski definition) is 8. The van der Waals surface area contributed by atoms with E-state index in [4.69, 9.17) is 9.37 Å². The van der Waals surface area contributed by atoms with Crippen molar-refractivity contribution in [1.82, 2.24) is 20.5 Å². The van der Waals surface area contributed by atoms with Crippen molar-refractivity contribution in [2.24, 2.45) is 0 Å². The van der Waals surface area contributed by atoms with Gasteiger partial charge >= 0.3 is 0 Å². The van der Waals surface area contributed by atoms with Crippen molar-refractivity contribution < 1.29 is 27.0 Å². The van der Waals surface area contributed by atoms with Crippen LogP contribution < -0.4 is 10.1 Å².